The van der Waals surface area contributed by atoms with Gasteiger partial charge in [-0.2, -0.15) is 0 Å². The Kier molecular flexibility index (Phi) is 4.38. The summed E-state index contributed by atoms with van der Waals surface area (Å²) in [6.45, 7) is 1.95. The maximum absolute atomic E-state index is 13.5. The lowest BCUT2D eigenvalue weighted by atomic mass is 9.85. The van der Waals surface area contributed by atoms with Gasteiger partial charge in [0.05, 0.1) is 13.0 Å². The van der Waals surface area contributed by atoms with Crippen molar-refractivity contribution in [3.8, 4) is 0 Å². The lowest BCUT2D eigenvalue weighted by molar-refractivity contribution is -0.122. The second-order valence-electron chi connectivity index (χ2n) is 5.74. The molecular weight excluding hydrogens is 264 g/mol. The van der Waals surface area contributed by atoms with Crippen LogP contribution in [0.4, 0.5) is 8.78 Å². The van der Waals surface area contributed by atoms with Crippen molar-refractivity contribution in [1.82, 2.24) is 5.32 Å². The SMILES string of the molecule is C[C@@]1(CO)CCC[C@H]1NC(=O)Cc1ccc(F)cc1F. The molecule has 1 amide bonds. The first-order chi connectivity index (χ1) is 9.44. The van der Waals surface area contributed by atoms with Gasteiger partial charge >= 0.3 is 0 Å². The molecule has 5 heteroatoms. The third-order valence-corrected chi connectivity index (χ3v) is 4.14. The molecule has 1 aliphatic carbocycles. The third kappa shape index (κ3) is 3.15. The maximum atomic E-state index is 13.5. The molecule has 2 atom stereocenters. The highest BCUT2D eigenvalue weighted by atomic mass is 19.1. The summed E-state index contributed by atoms with van der Waals surface area (Å²) in [4.78, 5) is 12.0. The average Bonchev–Trinajstić information content (AvgIpc) is 2.75. The fourth-order valence-corrected chi connectivity index (χ4v) is 2.75. The Labute approximate surface area is 117 Å². The molecule has 3 nitrogen and oxygen atoms in total. The van der Waals surface area contributed by atoms with Crippen molar-refractivity contribution in [1.29, 1.82) is 0 Å². The molecule has 1 fully saturated rings. The first kappa shape index (κ1) is 14.9. The van der Waals surface area contributed by atoms with Crippen molar-refractivity contribution in [2.75, 3.05) is 6.61 Å². The predicted molar refractivity (Wildman–Crippen MR) is 71.0 cm³/mol. The fraction of sp³-hybridized carbons (Fsp3) is 0.533. The predicted octanol–water partition coefficient (Wildman–Crippen LogP) is 2.17. The molecule has 20 heavy (non-hydrogen) atoms. The highest BCUT2D eigenvalue weighted by Crippen LogP contribution is 2.37. The number of aliphatic hydroxyl groups is 1. The van der Waals surface area contributed by atoms with Gasteiger partial charge in [0.15, 0.2) is 0 Å². The molecule has 0 radical (unpaired) electrons. The summed E-state index contributed by atoms with van der Waals surface area (Å²) >= 11 is 0. The Bertz CT molecular complexity index is 507. The number of nitrogens with one attached hydrogen (secondary N) is 1. The molecule has 2 rings (SSSR count). The number of amides is 1. The number of halogens is 2. The topological polar surface area (TPSA) is 49.3 Å². The zero-order chi connectivity index (χ0) is 14.8. The molecule has 0 aromatic heterocycles. The zero-order valence-corrected chi connectivity index (χ0v) is 11.5. The lowest BCUT2D eigenvalue weighted by Crippen LogP contribution is -2.45. The van der Waals surface area contributed by atoms with Gasteiger partial charge in [0.1, 0.15) is 11.6 Å². The second-order valence-corrected chi connectivity index (χ2v) is 5.74. The largest absolute Gasteiger partial charge is 0.396 e. The van der Waals surface area contributed by atoms with Crippen LogP contribution in [0.5, 0.6) is 0 Å². The van der Waals surface area contributed by atoms with E-state index in [0.29, 0.717) is 0 Å². The van der Waals surface area contributed by atoms with Crippen LogP contribution < -0.4 is 5.32 Å². The molecular formula is C15H19F2NO2. The van der Waals surface area contributed by atoms with Crippen molar-refractivity contribution in [3.63, 3.8) is 0 Å². The number of hydrogen-bond acceptors (Lipinski definition) is 2. The Hall–Kier alpha value is -1.49. The highest BCUT2D eigenvalue weighted by Gasteiger charge is 2.39. The smallest absolute Gasteiger partial charge is 0.224 e. The van der Waals surface area contributed by atoms with E-state index in [4.69, 9.17) is 0 Å². The number of rotatable bonds is 4. The summed E-state index contributed by atoms with van der Waals surface area (Å²) in [5.74, 6) is -1.67. The van der Waals surface area contributed by atoms with Gasteiger partial charge in [-0.25, -0.2) is 8.78 Å². The minimum Gasteiger partial charge on any atom is -0.396 e. The van der Waals surface area contributed by atoms with Crippen LogP contribution >= 0.6 is 0 Å². The van der Waals surface area contributed by atoms with Crippen LogP contribution in [-0.4, -0.2) is 23.7 Å². The molecule has 1 aromatic rings. The van der Waals surface area contributed by atoms with Crippen LogP contribution in [0.1, 0.15) is 31.7 Å². The van der Waals surface area contributed by atoms with Crippen LogP contribution in [0, 0.1) is 17.0 Å². The van der Waals surface area contributed by atoms with Crippen LogP contribution in [0.3, 0.4) is 0 Å². The zero-order valence-electron chi connectivity index (χ0n) is 11.5. The van der Waals surface area contributed by atoms with E-state index in [0.717, 1.165) is 31.4 Å². The van der Waals surface area contributed by atoms with E-state index >= 15 is 0 Å². The normalized spacial score (nSPS) is 25.7. The Morgan fingerprint density at radius 1 is 1.50 bits per heavy atom. The Morgan fingerprint density at radius 3 is 2.90 bits per heavy atom. The quantitative estimate of drug-likeness (QED) is 0.889. The van der Waals surface area contributed by atoms with Crippen molar-refractivity contribution >= 4 is 5.91 Å². The van der Waals surface area contributed by atoms with Gasteiger partial charge in [-0.3, -0.25) is 4.79 Å². The van der Waals surface area contributed by atoms with Crippen LogP contribution in [-0.2, 0) is 11.2 Å². The van der Waals surface area contributed by atoms with E-state index in [1.165, 1.54) is 6.07 Å². The molecule has 0 spiro atoms. The monoisotopic (exact) mass is 283 g/mol. The molecule has 0 unspecified atom stereocenters. The minimum atomic E-state index is -0.712. The summed E-state index contributed by atoms with van der Waals surface area (Å²) in [7, 11) is 0. The number of carbonyl (C=O) groups is 1. The van der Waals surface area contributed by atoms with Crippen molar-refractivity contribution in [3.05, 3.63) is 35.4 Å². The van der Waals surface area contributed by atoms with Gasteiger partial charge in [0, 0.05) is 17.5 Å². The Balaban J connectivity index is 1.99. The number of carbonyl (C=O) groups excluding carboxylic acids is 1. The van der Waals surface area contributed by atoms with Gasteiger partial charge < -0.3 is 10.4 Å². The molecule has 0 aliphatic heterocycles. The van der Waals surface area contributed by atoms with E-state index in [9.17, 15) is 18.7 Å². The third-order valence-electron chi connectivity index (χ3n) is 4.14. The number of benzene rings is 1. The molecule has 2 N–H and O–H groups in total. The number of hydrogen-bond donors (Lipinski definition) is 2. The average molecular weight is 283 g/mol. The van der Waals surface area contributed by atoms with Gasteiger partial charge in [-0.15, -0.1) is 0 Å². The first-order valence-corrected chi connectivity index (χ1v) is 6.79. The second kappa shape index (κ2) is 5.87. The molecule has 0 heterocycles. The molecule has 1 aliphatic rings. The minimum absolute atomic E-state index is 0.0167. The standard InChI is InChI=1S/C15H19F2NO2/c1-15(9-19)6-2-3-13(15)18-14(20)7-10-4-5-11(16)8-12(10)17/h4-5,8,13,19H,2-3,6-7,9H2,1H3,(H,18,20)/t13-,15+/m1/s1. The van der Waals surface area contributed by atoms with E-state index in [-0.39, 0.29) is 36.0 Å². The summed E-state index contributed by atoms with van der Waals surface area (Å²) in [5, 5.41) is 12.3. The molecule has 110 valence electrons. The van der Waals surface area contributed by atoms with Crippen LogP contribution in [0.2, 0.25) is 0 Å². The summed E-state index contributed by atoms with van der Waals surface area (Å²) < 4.78 is 26.3. The van der Waals surface area contributed by atoms with E-state index < -0.39 is 11.6 Å². The van der Waals surface area contributed by atoms with Gasteiger partial charge in [-0.1, -0.05) is 19.4 Å². The van der Waals surface area contributed by atoms with Crippen LogP contribution in [0.25, 0.3) is 0 Å². The van der Waals surface area contributed by atoms with Crippen molar-refractivity contribution in [2.45, 2.75) is 38.6 Å². The summed E-state index contributed by atoms with van der Waals surface area (Å²) in [6.07, 6.45) is 2.51. The van der Waals surface area contributed by atoms with Crippen LogP contribution in [0.15, 0.2) is 18.2 Å². The van der Waals surface area contributed by atoms with E-state index in [1.54, 1.807) is 0 Å². The van der Waals surface area contributed by atoms with Crippen molar-refractivity contribution in [2.24, 2.45) is 5.41 Å². The van der Waals surface area contributed by atoms with Gasteiger partial charge in [0.25, 0.3) is 0 Å². The summed E-state index contributed by atoms with van der Waals surface area (Å²) in [6, 6.07) is 3.10. The maximum Gasteiger partial charge on any atom is 0.224 e. The molecule has 0 saturated heterocycles. The van der Waals surface area contributed by atoms with Crippen molar-refractivity contribution < 1.29 is 18.7 Å². The van der Waals surface area contributed by atoms with E-state index in [2.05, 4.69) is 5.32 Å². The first-order valence-electron chi connectivity index (χ1n) is 6.79. The molecule has 0 bridgehead atoms. The molecule has 1 saturated carbocycles. The number of aliphatic hydroxyl groups excluding tert-OH is 1. The Morgan fingerprint density at radius 2 is 2.25 bits per heavy atom. The lowest BCUT2D eigenvalue weighted by Gasteiger charge is -2.30. The fourth-order valence-electron chi connectivity index (χ4n) is 2.75. The molecule has 1 aromatic carbocycles. The van der Waals surface area contributed by atoms with Gasteiger partial charge in [0.2, 0.25) is 5.91 Å². The highest BCUT2D eigenvalue weighted by molar-refractivity contribution is 5.79. The van der Waals surface area contributed by atoms with Gasteiger partial charge in [-0.05, 0) is 24.5 Å². The summed E-state index contributed by atoms with van der Waals surface area (Å²) in [5.41, 5.74) is -0.135. The van der Waals surface area contributed by atoms with E-state index in [1.807, 2.05) is 6.92 Å².